The van der Waals surface area contributed by atoms with Crippen molar-refractivity contribution in [3.05, 3.63) is 48.3 Å². The number of aromatic nitrogens is 5. The average molecular weight is 315 g/mol. The van der Waals surface area contributed by atoms with Crippen LogP contribution in [0.4, 0.5) is 0 Å². The number of nitrogens with one attached hydrogen (secondary N) is 1. The molecule has 8 heteroatoms. The van der Waals surface area contributed by atoms with Gasteiger partial charge in [-0.05, 0) is 34.7 Å². The van der Waals surface area contributed by atoms with Gasteiger partial charge in [0.25, 0.3) is 0 Å². The van der Waals surface area contributed by atoms with Gasteiger partial charge in [0, 0.05) is 6.20 Å². The number of carbonyl (C=O) groups is 1. The molecule has 1 aromatic carbocycles. The van der Waals surface area contributed by atoms with Gasteiger partial charge in [-0.2, -0.15) is 4.68 Å². The van der Waals surface area contributed by atoms with Crippen LogP contribution in [0.15, 0.2) is 47.8 Å². The Balaban J connectivity index is 1.79. The van der Waals surface area contributed by atoms with E-state index in [1.54, 1.807) is 30.1 Å². The quantitative estimate of drug-likeness (QED) is 0.553. The fraction of sp³-hybridized carbons (Fsp3) is 0.143. The van der Waals surface area contributed by atoms with E-state index in [2.05, 4.69) is 20.5 Å². The highest BCUT2D eigenvalue weighted by Crippen LogP contribution is 2.25. The number of carbonyl (C=O) groups excluding carboxylic acids is 1. The second kappa shape index (κ2) is 6.44. The molecule has 0 unspecified atom stereocenters. The van der Waals surface area contributed by atoms with Crippen molar-refractivity contribution < 1.29 is 9.53 Å². The van der Waals surface area contributed by atoms with Gasteiger partial charge in [-0.25, -0.2) is 0 Å². The summed E-state index contributed by atoms with van der Waals surface area (Å²) in [4.78, 5) is 14.9. The van der Waals surface area contributed by atoms with Crippen molar-refractivity contribution in [1.82, 2.24) is 25.2 Å². The van der Waals surface area contributed by atoms with Crippen LogP contribution in [0.25, 0.3) is 5.69 Å². The predicted molar refractivity (Wildman–Crippen MR) is 81.6 cm³/mol. The largest absolute Gasteiger partial charge is 0.494 e. The van der Waals surface area contributed by atoms with Gasteiger partial charge < -0.3 is 9.72 Å². The number of aromatic amines is 1. The van der Waals surface area contributed by atoms with Gasteiger partial charge in [-0.3, -0.25) is 4.79 Å². The van der Waals surface area contributed by atoms with Crippen molar-refractivity contribution in [3.8, 4) is 11.4 Å². The molecule has 3 rings (SSSR count). The Morgan fingerprint density at radius 1 is 1.32 bits per heavy atom. The molecular weight excluding hydrogens is 302 g/mol. The van der Waals surface area contributed by atoms with Crippen molar-refractivity contribution >= 4 is 17.5 Å². The van der Waals surface area contributed by atoms with Gasteiger partial charge in [-0.15, -0.1) is 5.10 Å². The van der Waals surface area contributed by atoms with E-state index in [1.165, 1.54) is 11.8 Å². The maximum Gasteiger partial charge on any atom is 0.214 e. The topological polar surface area (TPSA) is 85.7 Å². The Morgan fingerprint density at radius 2 is 2.18 bits per heavy atom. The third-order valence-electron chi connectivity index (χ3n) is 2.98. The maximum atomic E-state index is 12.0. The number of para-hydroxylation sites is 2. The van der Waals surface area contributed by atoms with E-state index in [1.807, 2.05) is 24.3 Å². The molecule has 0 aliphatic carbocycles. The zero-order valence-corrected chi connectivity index (χ0v) is 12.6. The number of Topliss-reactive ketones (excluding diaryl/α,β-unsaturated/α-hetero) is 1. The number of rotatable bonds is 6. The summed E-state index contributed by atoms with van der Waals surface area (Å²) in [6, 6.07) is 11.0. The summed E-state index contributed by atoms with van der Waals surface area (Å²) in [5, 5.41) is 12.2. The average Bonchev–Trinajstić information content (AvgIpc) is 3.24. The minimum Gasteiger partial charge on any atom is -0.494 e. The van der Waals surface area contributed by atoms with E-state index in [9.17, 15) is 4.79 Å². The second-order valence-electron chi connectivity index (χ2n) is 4.34. The molecule has 0 radical (unpaired) electrons. The van der Waals surface area contributed by atoms with Gasteiger partial charge in [0.1, 0.15) is 11.4 Å². The molecule has 0 aliphatic rings. The van der Waals surface area contributed by atoms with Crippen molar-refractivity contribution in [2.75, 3.05) is 12.9 Å². The summed E-state index contributed by atoms with van der Waals surface area (Å²) in [5.41, 5.74) is 1.30. The van der Waals surface area contributed by atoms with Crippen LogP contribution in [0.2, 0.25) is 0 Å². The number of ether oxygens (including phenoxy) is 1. The first kappa shape index (κ1) is 14.3. The number of hydrogen-bond donors (Lipinski definition) is 1. The van der Waals surface area contributed by atoms with Crippen LogP contribution in [-0.4, -0.2) is 43.8 Å². The Labute approximate surface area is 130 Å². The summed E-state index contributed by atoms with van der Waals surface area (Å²) in [6.45, 7) is 0. The van der Waals surface area contributed by atoms with E-state index in [0.29, 0.717) is 16.6 Å². The zero-order valence-electron chi connectivity index (χ0n) is 11.8. The number of thioether (sulfide) groups is 1. The lowest BCUT2D eigenvalue weighted by Gasteiger charge is -2.08. The molecule has 0 bridgehead atoms. The van der Waals surface area contributed by atoms with Crippen LogP contribution in [0.1, 0.15) is 10.5 Å². The van der Waals surface area contributed by atoms with Gasteiger partial charge in [-0.1, -0.05) is 23.9 Å². The SMILES string of the molecule is COc1ccccc1-n1nnnc1SCC(=O)c1ccc[nH]1. The standard InChI is InChI=1S/C14H13N5O2S/c1-21-13-7-3-2-6-11(13)19-14(16-17-18-19)22-9-12(20)10-5-4-8-15-10/h2-8,15H,9H2,1H3. The zero-order chi connectivity index (χ0) is 15.4. The van der Waals surface area contributed by atoms with E-state index in [0.717, 1.165) is 5.69 Å². The van der Waals surface area contributed by atoms with Gasteiger partial charge in [0.15, 0.2) is 5.78 Å². The van der Waals surface area contributed by atoms with E-state index in [4.69, 9.17) is 4.74 Å². The number of benzene rings is 1. The fourth-order valence-corrected chi connectivity index (χ4v) is 2.70. The lowest BCUT2D eigenvalue weighted by molar-refractivity contribution is 0.101. The minimum absolute atomic E-state index is 0.00965. The van der Waals surface area contributed by atoms with Crippen LogP contribution in [0.3, 0.4) is 0 Å². The molecule has 2 aromatic heterocycles. The molecule has 0 atom stereocenters. The highest BCUT2D eigenvalue weighted by molar-refractivity contribution is 7.99. The van der Waals surface area contributed by atoms with Crippen LogP contribution in [0, 0.1) is 0 Å². The molecule has 22 heavy (non-hydrogen) atoms. The van der Waals surface area contributed by atoms with Crippen molar-refractivity contribution in [2.45, 2.75) is 5.16 Å². The van der Waals surface area contributed by atoms with E-state index in [-0.39, 0.29) is 11.5 Å². The predicted octanol–water partition coefficient (Wildman–Crippen LogP) is 1.97. The lowest BCUT2D eigenvalue weighted by Crippen LogP contribution is -2.06. The molecule has 0 saturated heterocycles. The summed E-state index contributed by atoms with van der Waals surface area (Å²) in [5.74, 6) is 0.896. The molecule has 2 heterocycles. The Morgan fingerprint density at radius 3 is 2.95 bits per heavy atom. The first-order valence-electron chi connectivity index (χ1n) is 6.51. The number of hydrogen-bond acceptors (Lipinski definition) is 6. The lowest BCUT2D eigenvalue weighted by atomic mass is 10.3. The molecule has 1 N–H and O–H groups in total. The summed E-state index contributed by atoms with van der Waals surface area (Å²) in [6.07, 6.45) is 1.72. The van der Waals surface area contributed by atoms with Crippen LogP contribution in [-0.2, 0) is 0 Å². The number of nitrogens with zero attached hydrogens (tertiary/aromatic N) is 4. The smallest absolute Gasteiger partial charge is 0.214 e. The number of tetrazole rings is 1. The van der Waals surface area contributed by atoms with E-state index < -0.39 is 0 Å². The van der Waals surface area contributed by atoms with Gasteiger partial charge >= 0.3 is 0 Å². The normalized spacial score (nSPS) is 10.6. The molecule has 0 spiro atoms. The highest BCUT2D eigenvalue weighted by Gasteiger charge is 2.15. The molecule has 3 aromatic rings. The Kier molecular flexibility index (Phi) is 4.19. The van der Waals surface area contributed by atoms with Crippen LogP contribution in [0.5, 0.6) is 5.75 Å². The fourth-order valence-electron chi connectivity index (χ4n) is 1.94. The number of H-pyrrole nitrogens is 1. The van der Waals surface area contributed by atoms with Crippen molar-refractivity contribution in [2.24, 2.45) is 0 Å². The molecule has 0 saturated carbocycles. The second-order valence-corrected chi connectivity index (χ2v) is 5.28. The molecular formula is C14H13N5O2S. The van der Waals surface area contributed by atoms with Crippen molar-refractivity contribution in [3.63, 3.8) is 0 Å². The molecule has 0 amide bonds. The van der Waals surface area contributed by atoms with Crippen LogP contribution >= 0.6 is 11.8 Å². The minimum atomic E-state index is -0.00965. The molecule has 112 valence electrons. The Hall–Kier alpha value is -2.61. The summed E-state index contributed by atoms with van der Waals surface area (Å²) < 4.78 is 6.87. The molecule has 0 aliphatic heterocycles. The van der Waals surface area contributed by atoms with E-state index >= 15 is 0 Å². The highest BCUT2D eigenvalue weighted by atomic mass is 32.2. The summed E-state index contributed by atoms with van der Waals surface area (Å²) >= 11 is 1.28. The third-order valence-corrected chi connectivity index (χ3v) is 3.90. The molecule has 0 fully saturated rings. The van der Waals surface area contributed by atoms with Gasteiger partial charge in [0.2, 0.25) is 5.16 Å². The number of methoxy groups -OCH3 is 1. The maximum absolute atomic E-state index is 12.0. The first-order valence-corrected chi connectivity index (χ1v) is 7.49. The monoisotopic (exact) mass is 315 g/mol. The summed E-state index contributed by atoms with van der Waals surface area (Å²) in [7, 11) is 1.59. The van der Waals surface area contributed by atoms with Gasteiger partial charge in [0.05, 0.1) is 18.6 Å². The first-order chi connectivity index (χ1) is 10.8. The van der Waals surface area contributed by atoms with Crippen molar-refractivity contribution in [1.29, 1.82) is 0 Å². The van der Waals surface area contributed by atoms with Crippen LogP contribution < -0.4 is 4.74 Å². The molecule has 7 nitrogen and oxygen atoms in total. The number of ketones is 1. The Bertz CT molecular complexity index is 769. The third kappa shape index (κ3) is 2.86.